The Morgan fingerprint density at radius 2 is 1.65 bits per heavy atom. The van der Waals surface area contributed by atoms with Gasteiger partial charge < -0.3 is 10.2 Å². The summed E-state index contributed by atoms with van der Waals surface area (Å²) in [6.07, 6.45) is 1.79. The Morgan fingerprint density at radius 3 is 2.27 bits per heavy atom. The average molecular weight is 417 g/mol. The van der Waals surface area contributed by atoms with Crippen molar-refractivity contribution in [1.82, 2.24) is 10.2 Å². The summed E-state index contributed by atoms with van der Waals surface area (Å²) in [5.74, 6) is -0.114. The third-order valence-electron chi connectivity index (χ3n) is 4.26. The Labute approximate surface area is 163 Å². The molecule has 138 valence electrons. The number of carbonyl (C=O) groups excluding carboxylic acids is 2. The van der Waals surface area contributed by atoms with Gasteiger partial charge in [-0.1, -0.05) is 28.1 Å². The van der Waals surface area contributed by atoms with Crippen LogP contribution in [0.3, 0.4) is 0 Å². The number of hydrogen-bond acceptors (Lipinski definition) is 2. The van der Waals surface area contributed by atoms with Crippen LogP contribution in [0.2, 0.25) is 0 Å². The Balaban J connectivity index is 1.83. The molecule has 2 aromatic rings. The highest BCUT2D eigenvalue weighted by Gasteiger charge is 2.13. The van der Waals surface area contributed by atoms with Gasteiger partial charge in [-0.15, -0.1) is 0 Å². The van der Waals surface area contributed by atoms with Crippen molar-refractivity contribution in [3.8, 4) is 0 Å². The van der Waals surface area contributed by atoms with Gasteiger partial charge in [-0.2, -0.15) is 0 Å². The van der Waals surface area contributed by atoms with Crippen molar-refractivity contribution >= 4 is 27.7 Å². The zero-order valence-electron chi connectivity index (χ0n) is 15.3. The Morgan fingerprint density at radius 1 is 1.00 bits per heavy atom. The average Bonchev–Trinajstić information content (AvgIpc) is 2.66. The van der Waals surface area contributed by atoms with Gasteiger partial charge in [-0.3, -0.25) is 9.59 Å². The molecule has 0 saturated heterocycles. The van der Waals surface area contributed by atoms with E-state index in [4.69, 9.17) is 0 Å². The zero-order valence-corrected chi connectivity index (χ0v) is 16.9. The number of hydrogen-bond donors (Lipinski definition) is 1. The molecule has 26 heavy (non-hydrogen) atoms. The molecule has 0 spiro atoms. The minimum atomic E-state index is -0.110. The standard InChI is InChI=1S/C21H25BrN2O2/c1-3-24(4-2)21(26)18-12-10-17(11-13-18)20(25)23-14-6-8-16-7-5-9-19(22)15-16/h5,7,9-13,15H,3-4,6,8,14H2,1-2H3,(H,23,25). The maximum absolute atomic E-state index is 12.3. The largest absolute Gasteiger partial charge is 0.352 e. The first-order valence-corrected chi connectivity index (χ1v) is 9.76. The van der Waals surface area contributed by atoms with Crippen molar-refractivity contribution in [2.45, 2.75) is 26.7 Å². The van der Waals surface area contributed by atoms with Crippen LogP contribution in [-0.2, 0) is 6.42 Å². The summed E-state index contributed by atoms with van der Waals surface area (Å²) in [5.41, 5.74) is 2.43. The molecule has 0 aromatic heterocycles. The number of nitrogens with zero attached hydrogens (tertiary/aromatic N) is 1. The lowest BCUT2D eigenvalue weighted by molar-refractivity contribution is 0.0772. The van der Waals surface area contributed by atoms with E-state index < -0.39 is 0 Å². The third-order valence-corrected chi connectivity index (χ3v) is 4.75. The predicted octanol–water partition coefficient (Wildman–Crippen LogP) is 4.29. The SMILES string of the molecule is CCN(CC)C(=O)c1ccc(C(=O)NCCCc2cccc(Br)c2)cc1. The van der Waals surface area contributed by atoms with Gasteiger partial charge in [0.05, 0.1) is 0 Å². The second-order valence-electron chi connectivity index (χ2n) is 6.04. The van der Waals surface area contributed by atoms with Gasteiger partial charge in [-0.05, 0) is 68.7 Å². The van der Waals surface area contributed by atoms with Gasteiger partial charge in [0.15, 0.2) is 0 Å². The summed E-state index contributed by atoms with van der Waals surface area (Å²) >= 11 is 3.46. The van der Waals surface area contributed by atoms with Crippen molar-refractivity contribution < 1.29 is 9.59 Å². The number of benzene rings is 2. The molecule has 0 atom stereocenters. The number of amides is 2. The molecule has 2 amide bonds. The van der Waals surface area contributed by atoms with E-state index in [1.54, 1.807) is 29.2 Å². The molecule has 0 aliphatic carbocycles. The molecule has 4 nitrogen and oxygen atoms in total. The number of rotatable bonds is 8. The molecular weight excluding hydrogens is 392 g/mol. The molecule has 2 rings (SSSR count). The van der Waals surface area contributed by atoms with Crippen molar-refractivity contribution in [1.29, 1.82) is 0 Å². The summed E-state index contributed by atoms with van der Waals surface area (Å²) in [4.78, 5) is 26.3. The maximum atomic E-state index is 12.3. The first-order valence-electron chi connectivity index (χ1n) is 8.97. The van der Waals surface area contributed by atoms with Crippen LogP contribution in [0.25, 0.3) is 0 Å². The molecule has 1 N–H and O–H groups in total. The molecule has 0 aliphatic rings. The maximum Gasteiger partial charge on any atom is 0.253 e. The fraction of sp³-hybridized carbons (Fsp3) is 0.333. The number of nitrogens with one attached hydrogen (secondary N) is 1. The zero-order chi connectivity index (χ0) is 18.9. The number of aryl methyl sites for hydroxylation is 1. The van der Waals surface area contributed by atoms with Crippen molar-refractivity contribution in [3.63, 3.8) is 0 Å². The van der Waals surface area contributed by atoms with E-state index in [1.807, 2.05) is 26.0 Å². The lowest BCUT2D eigenvalue weighted by Gasteiger charge is -2.18. The van der Waals surface area contributed by atoms with E-state index in [2.05, 4.69) is 33.4 Å². The van der Waals surface area contributed by atoms with Crippen LogP contribution < -0.4 is 5.32 Å². The highest BCUT2D eigenvalue weighted by Crippen LogP contribution is 2.13. The van der Waals surface area contributed by atoms with Crippen LogP contribution in [-0.4, -0.2) is 36.3 Å². The fourth-order valence-corrected chi connectivity index (χ4v) is 3.19. The smallest absolute Gasteiger partial charge is 0.253 e. The minimum Gasteiger partial charge on any atom is -0.352 e. The molecular formula is C21H25BrN2O2. The minimum absolute atomic E-state index is 0.00372. The second kappa shape index (κ2) is 10.1. The van der Waals surface area contributed by atoms with Crippen LogP contribution in [0.1, 0.15) is 46.5 Å². The molecule has 0 radical (unpaired) electrons. The van der Waals surface area contributed by atoms with Crippen LogP contribution in [0.5, 0.6) is 0 Å². The summed E-state index contributed by atoms with van der Waals surface area (Å²) < 4.78 is 1.07. The molecule has 0 fully saturated rings. The van der Waals surface area contributed by atoms with E-state index in [1.165, 1.54) is 5.56 Å². The fourth-order valence-electron chi connectivity index (χ4n) is 2.75. The normalized spacial score (nSPS) is 10.4. The van der Waals surface area contributed by atoms with Gasteiger partial charge in [0.2, 0.25) is 0 Å². The van der Waals surface area contributed by atoms with Gasteiger partial charge in [-0.25, -0.2) is 0 Å². The van der Waals surface area contributed by atoms with Gasteiger partial charge in [0.25, 0.3) is 11.8 Å². The number of halogens is 1. The molecule has 0 aliphatic heterocycles. The molecule has 0 heterocycles. The lowest BCUT2D eigenvalue weighted by atomic mass is 10.1. The van der Waals surface area contributed by atoms with Gasteiger partial charge in [0, 0.05) is 35.2 Å². The van der Waals surface area contributed by atoms with E-state index >= 15 is 0 Å². The highest BCUT2D eigenvalue weighted by molar-refractivity contribution is 9.10. The molecule has 0 unspecified atom stereocenters. The van der Waals surface area contributed by atoms with Crippen LogP contribution in [0.15, 0.2) is 53.0 Å². The van der Waals surface area contributed by atoms with Crippen molar-refractivity contribution in [2.24, 2.45) is 0 Å². The summed E-state index contributed by atoms with van der Waals surface area (Å²) in [7, 11) is 0. The quantitative estimate of drug-likeness (QED) is 0.652. The molecule has 0 bridgehead atoms. The topological polar surface area (TPSA) is 49.4 Å². The summed E-state index contributed by atoms with van der Waals surface area (Å²) in [6.45, 7) is 5.88. The van der Waals surface area contributed by atoms with E-state index in [-0.39, 0.29) is 11.8 Å². The predicted molar refractivity (Wildman–Crippen MR) is 108 cm³/mol. The molecule has 5 heteroatoms. The van der Waals surface area contributed by atoms with Crippen LogP contribution in [0, 0.1) is 0 Å². The first-order chi connectivity index (χ1) is 12.5. The molecule has 0 saturated carbocycles. The molecule has 2 aromatic carbocycles. The van der Waals surface area contributed by atoms with Crippen molar-refractivity contribution in [2.75, 3.05) is 19.6 Å². The third kappa shape index (κ3) is 5.70. The Kier molecular flexibility index (Phi) is 7.85. The van der Waals surface area contributed by atoms with Crippen LogP contribution >= 0.6 is 15.9 Å². The number of carbonyl (C=O) groups is 2. The van der Waals surface area contributed by atoms with Gasteiger partial charge >= 0.3 is 0 Å². The Bertz CT molecular complexity index is 740. The second-order valence-corrected chi connectivity index (χ2v) is 6.96. The monoisotopic (exact) mass is 416 g/mol. The van der Waals surface area contributed by atoms with E-state index in [9.17, 15) is 9.59 Å². The lowest BCUT2D eigenvalue weighted by Crippen LogP contribution is -2.30. The first kappa shape index (κ1) is 20.2. The summed E-state index contributed by atoms with van der Waals surface area (Å²) in [5, 5.41) is 2.93. The Hall–Kier alpha value is -2.14. The van der Waals surface area contributed by atoms with Crippen LogP contribution in [0.4, 0.5) is 0 Å². The highest BCUT2D eigenvalue weighted by atomic mass is 79.9. The van der Waals surface area contributed by atoms with Crippen molar-refractivity contribution in [3.05, 3.63) is 69.7 Å². The van der Waals surface area contributed by atoms with Gasteiger partial charge in [0.1, 0.15) is 0 Å². The summed E-state index contributed by atoms with van der Waals surface area (Å²) in [6, 6.07) is 15.0. The van der Waals surface area contributed by atoms with E-state index in [0.29, 0.717) is 30.8 Å². The van der Waals surface area contributed by atoms with E-state index in [0.717, 1.165) is 17.3 Å².